The Morgan fingerprint density at radius 1 is 1.33 bits per heavy atom. The van der Waals surface area contributed by atoms with E-state index in [0.29, 0.717) is 12.4 Å². The van der Waals surface area contributed by atoms with Crippen LogP contribution in [0.3, 0.4) is 0 Å². The predicted octanol–water partition coefficient (Wildman–Crippen LogP) is 2.21. The quantitative estimate of drug-likeness (QED) is 0.624. The number of nitro groups is 1. The number of pyridine rings is 1. The zero-order valence-corrected chi connectivity index (χ0v) is 13.2. The second-order valence-corrected chi connectivity index (χ2v) is 5.97. The molecule has 2 atom stereocenters. The SMILES string of the molecule is O=[N+]([O-])c1ccc(NC2CCN(CC(O)c3ccccc3)C2)nc1. The van der Waals surface area contributed by atoms with Crippen LogP contribution in [0.1, 0.15) is 18.1 Å². The lowest BCUT2D eigenvalue weighted by Gasteiger charge is -2.20. The molecule has 3 rings (SSSR count). The standard InChI is InChI=1S/C17H20N4O3/c22-16(13-4-2-1-3-5-13)12-20-9-8-14(11-20)19-17-7-6-15(10-18-17)21(23)24/h1-7,10,14,16,22H,8-9,11-12H2,(H,18,19). The lowest BCUT2D eigenvalue weighted by Crippen LogP contribution is -2.30. The molecular formula is C17H20N4O3. The van der Waals surface area contributed by atoms with Crippen molar-refractivity contribution in [2.24, 2.45) is 0 Å². The van der Waals surface area contributed by atoms with Gasteiger partial charge in [0.15, 0.2) is 0 Å². The summed E-state index contributed by atoms with van der Waals surface area (Å²) in [7, 11) is 0. The molecule has 1 aliphatic rings. The van der Waals surface area contributed by atoms with Gasteiger partial charge in [0.1, 0.15) is 12.0 Å². The first-order valence-electron chi connectivity index (χ1n) is 7.94. The molecule has 0 radical (unpaired) electrons. The first kappa shape index (κ1) is 16.4. The van der Waals surface area contributed by atoms with E-state index < -0.39 is 11.0 Å². The van der Waals surface area contributed by atoms with E-state index in [-0.39, 0.29) is 11.7 Å². The van der Waals surface area contributed by atoms with E-state index in [9.17, 15) is 15.2 Å². The summed E-state index contributed by atoms with van der Waals surface area (Å²) in [6.45, 7) is 2.30. The van der Waals surface area contributed by atoms with Gasteiger partial charge < -0.3 is 10.4 Å². The average Bonchev–Trinajstić information content (AvgIpc) is 3.03. The Morgan fingerprint density at radius 3 is 2.79 bits per heavy atom. The molecule has 126 valence electrons. The Balaban J connectivity index is 1.51. The minimum Gasteiger partial charge on any atom is -0.387 e. The molecule has 1 aromatic heterocycles. The number of rotatable bonds is 6. The first-order valence-corrected chi connectivity index (χ1v) is 7.94. The van der Waals surface area contributed by atoms with E-state index in [4.69, 9.17) is 0 Å². The van der Waals surface area contributed by atoms with Gasteiger partial charge in [-0.05, 0) is 18.1 Å². The summed E-state index contributed by atoms with van der Waals surface area (Å²) in [5, 5.41) is 24.2. The van der Waals surface area contributed by atoms with Crippen molar-refractivity contribution in [2.45, 2.75) is 18.6 Å². The second-order valence-electron chi connectivity index (χ2n) is 5.97. The predicted molar refractivity (Wildman–Crippen MR) is 90.8 cm³/mol. The Morgan fingerprint density at radius 2 is 2.12 bits per heavy atom. The largest absolute Gasteiger partial charge is 0.387 e. The van der Waals surface area contributed by atoms with Crippen molar-refractivity contribution < 1.29 is 10.0 Å². The van der Waals surface area contributed by atoms with E-state index in [1.807, 2.05) is 30.3 Å². The van der Waals surface area contributed by atoms with Crippen LogP contribution in [0.25, 0.3) is 0 Å². The molecule has 0 amide bonds. The minimum absolute atomic E-state index is 0.0143. The maximum atomic E-state index is 10.6. The highest BCUT2D eigenvalue weighted by atomic mass is 16.6. The lowest BCUT2D eigenvalue weighted by atomic mass is 10.1. The molecule has 2 unspecified atom stereocenters. The maximum Gasteiger partial charge on any atom is 0.287 e. The molecule has 0 bridgehead atoms. The van der Waals surface area contributed by atoms with Gasteiger partial charge in [-0.15, -0.1) is 0 Å². The summed E-state index contributed by atoms with van der Waals surface area (Å²) >= 11 is 0. The number of nitrogens with one attached hydrogen (secondary N) is 1. The number of nitrogens with zero attached hydrogens (tertiary/aromatic N) is 3. The van der Waals surface area contributed by atoms with Crippen LogP contribution in [-0.4, -0.2) is 45.6 Å². The zero-order valence-electron chi connectivity index (χ0n) is 13.2. The van der Waals surface area contributed by atoms with Crippen LogP contribution in [0, 0.1) is 10.1 Å². The maximum absolute atomic E-state index is 10.6. The third-order valence-corrected chi connectivity index (χ3v) is 4.20. The highest BCUT2D eigenvalue weighted by molar-refractivity contribution is 5.41. The van der Waals surface area contributed by atoms with Gasteiger partial charge >= 0.3 is 0 Å². The van der Waals surface area contributed by atoms with Gasteiger partial charge in [0.05, 0.1) is 11.0 Å². The molecule has 2 aromatic rings. The number of hydrogen-bond acceptors (Lipinski definition) is 6. The summed E-state index contributed by atoms with van der Waals surface area (Å²) in [6.07, 6.45) is 1.71. The van der Waals surface area contributed by atoms with Gasteiger partial charge in [0.25, 0.3) is 5.69 Å². The fourth-order valence-electron chi connectivity index (χ4n) is 2.93. The Kier molecular flexibility index (Phi) is 5.02. The summed E-state index contributed by atoms with van der Waals surface area (Å²) in [5.41, 5.74) is 0.908. The summed E-state index contributed by atoms with van der Waals surface area (Å²) in [4.78, 5) is 16.5. The first-order chi connectivity index (χ1) is 11.6. The fraction of sp³-hybridized carbons (Fsp3) is 0.353. The van der Waals surface area contributed by atoms with Crippen molar-refractivity contribution in [3.8, 4) is 0 Å². The van der Waals surface area contributed by atoms with E-state index in [2.05, 4.69) is 15.2 Å². The van der Waals surface area contributed by atoms with Crippen LogP contribution >= 0.6 is 0 Å². The highest BCUT2D eigenvalue weighted by Crippen LogP contribution is 2.20. The fourth-order valence-corrected chi connectivity index (χ4v) is 2.93. The number of benzene rings is 1. The summed E-state index contributed by atoms with van der Waals surface area (Å²) in [6, 6.07) is 12.9. The molecular weight excluding hydrogens is 308 g/mol. The Hall–Kier alpha value is -2.51. The molecule has 7 heteroatoms. The molecule has 1 fully saturated rings. The van der Waals surface area contributed by atoms with E-state index in [1.165, 1.54) is 12.3 Å². The number of aliphatic hydroxyl groups excluding tert-OH is 1. The van der Waals surface area contributed by atoms with Gasteiger partial charge in [-0.25, -0.2) is 4.98 Å². The monoisotopic (exact) mass is 328 g/mol. The molecule has 7 nitrogen and oxygen atoms in total. The van der Waals surface area contributed by atoms with Crippen LogP contribution in [-0.2, 0) is 0 Å². The van der Waals surface area contributed by atoms with Crippen molar-refractivity contribution in [3.63, 3.8) is 0 Å². The molecule has 1 aromatic carbocycles. The number of anilines is 1. The van der Waals surface area contributed by atoms with Gasteiger partial charge in [-0.1, -0.05) is 30.3 Å². The van der Waals surface area contributed by atoms with Crippen molar-refractivity contribution >= 4 is 11.5 Å². The van der Waals surface area contributed by atoms with Crippen LogP contribution in [0.2, 0.25) is 0 Å². The second kappa shape index (κ2) is 7.37. The van der Waals surface area contributed by atoms with Crippen LogP contribution in [0.5, 0.6) is 0 Å². The van der Waals surface area contributed by atoms with E-state index in [0.717, 1.165) is 25.1 Å². The zero-order chi connectivity index (χ0) is 16.9. The normalized spacial score (nSPS) is 19.1. The van der Waals surface area contributed by atoms with Crippen molar-refractivity contribution in [2.75, 3.05) is 25.0 Å². The Bertz CT molecular complexity index is 678. The molecule has 1 saturated heterocycles. The van der Waals surface area contributed by atoms with Crippen LogP contribution in [0.4, 0.5) is 11.5 Å². The number of aliphatic hydroxyl groups is 1. The smallest absolute Gasteiger partial charge is 0.287 e. The van der Waals surface area contributed by atoms with Gasteiger partial charge in [0, 0.05) is 31.7 Å². The minimum atomic E-state index is -0.498. The molecule has 0 spiro atoms. The third-order valence-electron chi connectivity index (χ3n) is 4.20. The lowest BCUT2D eigenvalue weighted by molar-refractivity contribution is -0.385. The number of β-amino-alcohol motifs (C(OH)–C–C–N with tert-alkyl or cyclic N) is 1. The molecule has 2 N–H and O–H groups in total. The van der Waals surface area contributed by atoms with Crippen LogP contribution in [0.15, 0.2) is 48.7 Å². The van der Waals surface area contributed by atoms with Gasteiger partial charge in [-0.2, -0.15) is 0 Å². The van der Waals surface area contributed by atoms with E-state index in [1.54, 1.807) is 6.07 Å². The van der Waals surface area contributed by atoms with E-state index >= 15 is 0 Å². The van der Waals surface area contributed by atoms with Gasteiger partial charge in [0.2, 0.25) is 0 Å². The summed E-state index contributed by atoms with van der Waals surface area (Å²) in [5.74, 6) is 0.635. The molecule has 2 heterocycles. The third kappa shape index (κ3) is 4.06. The van der Waals surface area contributed by atoms with Crippen molar-refractivity contribution in [3.05, 3.63) is 64.3 Å². The van der Waals surface area contributed by atoms with Crippen LogP contribution < -0.4 is 5.32 Å². The molecule has 1 aliphatic heterocycles. The molecule has 0 aliphatic carbocycles. The topological polar surface area (TPSA) is 91.5 Å². The van der Waals surface area contributed by atoms with Crippen molar-refractivity contribution in [1.82, 2.24) is 9.88 Å². The number of aromatic nitrogens is 1. The molecule has 24 heavy (non-hydrogen) atoms. The number of likely N-dealkylation sites (tertiary alicyclic amines) is 1. The molecule has 0 saturated carbocycles. The number of hydrogen-bond donors (Lipinski definition) is 2. The highest BCUT2D eigenvalue weighted by Gasteiger charge is 2.24. The van der Waals surface area contributed by atoms with Crippen molar-refractivity contribution in [1.29, 1.82) is 0 Å². The average molecular weight is 328 g/mol. The summed E-state index contributed by atoms with van der Waals surface area (Å²) < 4.78 is 0. The van der Waals surface area contributed by atoms with Gasteiger partial charge in [-0.3, -0.25) is 15.0 Å². The Labute approximate surface area is 140 Å².